The zero-order valence-corrected chi connectivity index (χ0v) is 26.9. The highest BCUT2D eigenvalue weighted by Gasteiger charge is 2.76. The third kappa shape index (κ3) is 5.50. The molecular weight excluding hydrogens is 584 g/mol. The van der Waals surface area contributed by atoms with Gasteiger partial charge in [-0.05, 0) is 74.6 Å². The molecule has 0 radical (unpaired) electrons. The number of nitrogens with one attached hydrogen (secondary N) is 2. The lowest BCUT2D eigenvalue weighted by molar-refractivity contribution is -0.141. The van der Waals surface area contributed by atoms with E-state index in [0.29, 0.717) is 17.8 Å². The van der Waals surface area contributed by atoms with Crippen molar-refractivity contribution >= 4 is 46.5 Å². The Kier molecular flexibility index (Phi) is 8.93. The Bertz CT molecular complexity index is 1520. The molecule has 236 valence electrons. The zero-order valence-electron chi connectivity index (χ0n) is 26.1. The number of likely N-dealkylation sites (tertiary alicyclic amines) is 1. The molecule has 3 aromatic carbocycles. The monoisotopic (exact) mass is 626 g/mol. The van der Waals surface area contributed by atoms with E-state index in [4.69, 9.17) is 0 Å². The number of amides is 3. The van der Waals surface area contributed by atoms with Gasteiger partial charge in [0.25, 0.3) is 0 Å². The van der Waals surface area contributed by atoms with Crippen LogP contribution in [0.4, 0.5) is 17.1 Å². The number of aliphatic hydroxyl groups excluding tert-OH is 1. The number of rotatable bonds is 11. The van der Waals surface area contributed by atoms with Crippen molar-refractivity contribution in [2.75, 3.05) is 35.2 Å². The van der Waals surface area contributed by atoms with Gasteiger partial charge in [0.1, 0.15) is 6.04 Å². The highest BCUT2D eigenvalue weighted by atomic mass is 32.2. The summed E-state index contributed by atoms with van der Waals surface area (Å²) in [6.07, 6.45) is 1.14. The van der Waals surface area contributed by atoms with Gasteiger partial charge in [0.2, 0.25) is 17.7 Å². The predicted molar refractivity (Wildman–Crippen MR) is 180 cm³/mol. The number of fused-ring (bicyclic) bond motifs is 1. The molecule has 8 nitrogen and oxygen atoms in total. The predicted octanol–water partition coefficient (Wildman–Crippen LogP) is 5.05. The second-order valence-electron chi connectivity index (χ2n) is 12.4. The van der Waals surface area contributed by atoms with E-state index in [1.807, 2.05) is 84.9 Å². The highest BCUT2D eigenvalue weighted by molar-refractivity contribution is 8.02. The van der Waals surface area contributed by atoms with Gasteiger partial charge in [-0.1, -0.05) is 55.5 Å². The maximum atomic E-state index is 14.7. The first-order valence-corrected chi connectivity index (χ1v) is 16.9. The van der Waals surface area contributed by atoms with Crippen molar-refractivity contribution < 1.29 is 19.5 Å². The molecule has 3 heterocycles. The van der Waals surface area contributed by atoms with Crippen molar-refractivity contribution in [3.63, 3.8) is 0 Å². The van der Waals surface area contributed by atoms with Gasteiger partial charge in [0.15, 0.2) is 0 Å². The van der Waals surface area contributed by atoms with Crippen molar-refractivity contribution in [1.82, 2.24) is 4.90 Å². The summed E-state index contributed by atoms with van der Waals surface area (Å²) in [6.45, 7) is 7.78. The molecule has 0 aliphatic carbocycles. The van der Waals surface area contributed by atoms with E-state index in [-0.39, 0.29) is 35.5 Å². The Hall–Kier alpha value is -3.82. The smallest absolute Gasteiger partial charge is 0.248 e. The van der Waals surface area contributed by atoms with Crippen LogP contribution in [0.1, 0.15) is 32.8 Å². The number of aliphatic hydroxyl groups is 1. The van der Waals surface area contributed by atoms with E-state index in [1.54, 1.807) is 16.7 Å². The Morgan fingerprint density at radius 1 is 0.933 bits per heavy atom. The molecule has 3 aliphatic heterocycles. The first kappa shape index (κ1) is 31.2. The number of nitrogens with zero attached hydrogens (tertiary/aromatic N) is 2. The number of hydrogen-bond acceptors (Lipinski definition) is 6. The van der Waals surface area contributed by atoms with E-state index < -0.39 is 28.7 Å². The number of anilines is 3. The average Bonchev–Trinajstić information content (AvgIpc) is 3.65. The van der Waals surface area contributed by atoms with Crippen molar-refractivity contribution in [2.45, 2.75) is 55.7 Å². The number of hydrogen-bond donors (Lipinski definition) is 3. The quantitative estimate of drug-likeness (QED) is 0.276. The third-order valence-electron chi connectivity index (χ3n) is 9.96. The molecule has 3 amide bonds. The fourth-order valence-corrected chi connectivity index (χ4v) is 10.3. The van der Waals surface area contributed by atoms with Gasteiger partial charge < -0.3 is 25.5 Å². The summed E-state index contributed by atoms with van der Waals surface area (Å²) in [5.41, 5.74) is 3.37. The Labute approximate surface area is 269 Å². The van der Waals surface area contributed by atoms with Gasteiger partial charge >= 0.3 is 0 Å². The van der Waals surface area contributed by atoms with E-state index in [2.05, 4.69) is 36.3 Å². The lowest BCUT2D eigenvalue weighted by atomic mass is 9.66. The van der Waals surface area contributed by atoms with Crippen LogP contribution in [0.2, 0.25) is 0 Å². The summed E-state index contributed by atoms with van der Waals surface area (Å²) in [6, 6.07) is 25.3. The lowest BCUT2D eigenvalue weighted by Crippen LogP contribution is -2.57. The molecule has 3 N–H and O–H groups in total. The molecule has 7 atom stereocenters. The molecule has 2 bridgehead atoms. The number of carbonyl (C=O) groups is 3. The summed E-state index contributed by atoms with van der Waals surface area (Å²) >= 11 is 1.63. The number of para-hydroxylation sites is 1. The molecule has 6 rings (SSSR count). The second-order valence-corrected chi connectivity index (χ2v) is 13.9. The Morgan fingerprint density at radius 2 is 1.53 bits per heavy atom. The van der Waals surface area contributed by atoms with Crippen molar-refractivity contribution in [1.29, 1.82) is 0 Å². The average molecular weight is 627 g/mol. The van der Waals surface area contributed by atoms with Crippen LogP contribution >= 0.6 is 11.8 Å². The van der Waals surface area contributed by atoms with Crippen molar-refractivity contribution in [2.24, 2.45) is 17.8 Å². The lowest BCUT2D eigenvalue weighted by Gasteiger charge is -2.40. The minimum absolute atomic E-state index is 0.0177. The molecule has 9 heteroatoms. The van der Waals surface area contributed by atoms with Crippen LogP contribution < -0.4 is 15.5 Å². The molecular formula is C36H42N4O4S. The second kappa shape index (κ2) is 12.9. The first-order chi connectivity index (χ1) is 21.8. The zero-order chi connectivity index (χ0) is 31.7. The molecule has 3 fully saturated rings. The largest absolute Gasteiger partial charge is 0.394 e. The Balaban J connectivity index is 1.36. The van der Waals surface area contributed by atoms with E-state index in [0.717, 1.165) is 30.8 Å². The molecule has 3 aromatic rings. The molecule has 45 heavy (non-hydrogen) atoms. The molecule has 3 saturated heterocycles. The van der Waals surface area contributed by atoms with Gasteiger partial charge in [0, 0.05) is 35.4 Å². The molecule has 3 aliphatic rings. The Morgan fingerprint density at radius 3 is 2.16 bits per heavy atom. The number of benzene rings is 3. The molecule has 3 unspecified atom stereocenters. The minimum atomic E-state index is -0.849. The molecule has 0 aromatic heterocycles. The summed E-state index contributed by atoms with van der Waals surface area (Å²) < 4.78 is -0.796. The van der Waals surface area contributed by atoms with Crippen LogP contribution in [0.5, 0.6) is 0 Å². The fourth-order valence-electron chi connectivity index (χ4n) is 7.89. The molecule has 0 saturated carbocycles. The van der Waals surface area contributed by atoms with Crippen LogP contribution in [0.15, 0.2) is 84.9 Å². The van der Waals surface area contributed by atoms with Gasteiger partial charge in [-0.15, -0.1) is 11.8 Å². The van der Waals surface area contributed by atoms with Gasteiger partial charge in [-0.3, -0.25) is 14.4 Å². The van der Waals surface area contributed by atoms with Crippen molar-refractivity contribution in [3.05, 3.63) is 90.5 Å². The maximum Gasteiger partial charge on any atom is 0.248 e. The van der Waals surface area contributed by atoms with Crippen molar-refractivity contribution in [3.8, 4) is 0 Å². The normalized spacial score (nSPS) is 27.2. The highest BCUT2D eigenvalue weighted by Crippen LogP contribution is 2.69. The fraction of sp³-hybridized carbons (Fsp3) is 0.417. The summed E-state index contributed by atoms with van der Waals surface area (Å²) in [5, 5.41) is 16.8. The first-order valence-electron chi connectivity index (χ1n) is 16.0. The topological polar surface area (TPSA) is 102 Å². The van der Waals surface area contributed by atoms with E-state index in [9.17, 15) is 19.5 Å². The number of thioether (sulfide) groups is 1. The van der Waals surface area contributed by atoms with E-state index in [1.165, 1.54) is 0 Å². The standard InChI is InChI=1S/C36H42N4O4S/c1-4-39(5-2)27-18-16-26(17-19-27)38-34(43)32-36-23(3)20-29(45-36)30(33(42)37-25-14-10-7-11-15-25)31(36)35(44)40(32)28(22-41)21-24-12-8-6-9-13-24/h6-19,23,28-32,41H,4-5,20-22H2,1-3H3,(H,37,42)(H,38,43)/t23?,28-,29+,30-,31+,32?,36?/m1/s1. The SMILES string of the molecule is CCN(CC)c1ccc(NC(=O)C2N([C@@H](CO)Cc3ccccc3)C(=O)[C@@H]3[C@H](C(=O)Nc4ccccc4)[C@@H]4CC(C)C23S4)cc1. The van der Waals surface area contributed by atoms with E-state index >= 15 is 0 Å². The van der Waals surface area contributed by atoms with Crippen LogP contribution in [0, 0.1) is 17.8 Å². The van der Waals surface area contributed by atoms with Gasteiger partial charge in [-0.2, -0.15) is 0 Å². The third-order valence-corrected chi connectivity index (χ3v) is 12.0. The maximum absolute atomic E-state index is 14.7. The van der Waals surface area contributed by atoms with Crippen LogP contribution in [0.3, 0.4) is 0 Å². The van der Waals surface area contributed by atoms with Gasteiger partial charge in [0.05, 0.1) is 29.2 Å². The van der Waals surface area contributed by atoms with Crippen LogP contribution in [-0.4, -0.2) is 69.5 Å². The van der Waals surface area contributed by atoms with Gasteiger partial charge in [-0.25, -0.2) is 0 Å². The van der Waals surface area contributed by atoms with Crippen LogP contribution in [-0.2, 0) is 20.8 Å². The number of carbonyl (C=O) groups excluding carboxylic acids is 3. The summed E-state index contributed by atoms with van der Waals surface area (Å²) in [4.78, 5) is 46.9. The molecule has 1 spiro atoms. The summed E-state index contributed by atoms with van der Waals surface area (Å²) in [5.74, 6) is -1.94. The summed E-state index contributed by atoms with van der Waals surface area (Å²) in [7, 11) is 0. The van der Waals surface area contributed by atoms with Crippen LogP contribution in [0.25, 0.3) is 0 Å². The minimum Gasteiger partial charge on any atom is -0.394 e.